The van der Waals surface area contributed by atoms with E-state index in [1.165, 1.54) is 57.8 Å². The molecule has 0 amide bonds. The van der Waals surface area contributed by atoms with E-state index in [1.807, 2.05) is 18.2 Å². The second-order valence-electron chi connectivity index (χ2n) is 7.78. The molecule has 28 heavy (non-hydrogen) atoms. The van der Waals surface area contributed by atoms with Gasteiger partial charge in [-0.15, -0.1) is 0 Å². The van der Waals surface area contributed by atoms with Crippen LogP contribution in [0.4, 0.5) is 0 Å². The molecule has 3 rings (SSSR count). The summed E-state index contributed by atoms with van der Waals surface area (Å²) < 4.78 is 22.2. The van der Waals surface area contributed by atoms with Gasteiger partial charge in [0, 0.05) is 0 Å². The summed E-state index contributed by atoms with van der Waals surface area (Å²) >= 11 is -3.20. The van der Waals surface area contributed by atoms with Gasteiger partial charge in [-0.05, 0) is 0 Å². The molecule has 0 saturated heterocycles. The van der Waals surface area contributed by atoms with Gasteiger partial charge in [-0.25, -0.2) is 0 Å². The first-order valence-corrected chi connectivity index (χ1v) is 15.3. The summed E-state index contributed by atoms with van der Waals surface area (Å²) in [6.45, 7) is 4.55. The van der Waals surface area contributed by atoms with E-state index < -0.39 is 13.3 Å². The van der Waals surface area contributed by atoms with Crippen molar-refractivity contribution in [3.8, 4) is 0 Å². The summed E-state index contributed by atoms with van der Waals surface area (Å²) in [5, 5.41) is 0. The van der Waals surface area contributed by atoms with Crippen LogP contribution in [0.3, 0.4) is 0 Å². The molecule has 3 aromatic heterocycles. The summed E-state index contributed by atoms with van der Waals surface area (Å²) in [4.78, 5) is 0. The standard InChI is InChI=1S/C24H34GeO3/c1-3-5-7-9-14-21(13-8-6-4-2)25(22-15-10-18-26-22,23-16-11-19-27-23)24-17-12-20-28-24/h10-12,15-21H,3-9,13-14H2,1-2H3. The third kappa shape index (κ3) is 4.51. The Labute approximate surface area is 171 Å². The quantitative estimate of drug-likeness (QED) is 0.246. The van der Waals surface area contributed by atoms with Crippen molar-refractivity contribution in [2.75, 3.05) is 0 Å². The van der Waals surface area contributed by atoms with E-state index in [-0.39, 0.29) is 0 Å². The van der Waals surface area contributed by atoms with E-state index in [0.717, 1.165) is 13.8 Å². The van der Waals surface area contributed by atoms with Gasteiger partial charge in [0.25, 0.3) is 0 Å². The van der Waals surface area contributed by atoms with E-state index in [1.54, 1.807) is 18.8 Å². The first kappa shape index (κ1) is 21.1. The molecule has 0 aliphatic carbocycles. The van der Waals surface area contributed by atoms with Crippen LogP contribution in [0.1, 0.15) is 71.6 Å². The molecular weight excluding hydrogens is 409 g/mol. The molecule has 0 radical (unpaired) electrons. The van der Waals surface area contributed by atoms with Crippen molar-refractivity contribution in [3.63, 3.8) is 0 Å². The molecule has 152 valence electrons. The van der Waals surface area contributed by atoms with Gasteiger partial charge >= 0.3 is 172 Å². The maximum absolute atomic E-state index is 6.12. The minimum atomic E-state index is -3.20. The monoisotopic (exact) mass is 444 g/mol. The van der Waals surface area contributed by atoms with Gasteiger partial charge in [0.1, 0.15) is 0 Å². The van der Waals surface area contributed by atoms with Crippen molar-refractivity contribution in [2.24, 2.45) is 0 Å². The van der Waals surface area contributed by atoms with Crippen LogP contribution in [0.5, 0.6) is 0 Å². The molecule has 1 atom stereocenters. The van der Waals surface area contributed by atoms with Gasteiger partial charge in [0.15, 0.2) is 0 Å². The van der Waals surface area contributed by atoms with Crippen molar-refractivity contribution in [1.82, 2.24) is 0 Å². The molecule has 0 bridgehead atoms. The van der Waals surface area contributed by atoms with Gasteiger partial charge in [0.2, 0.25) is 0 Å². The van der Waals surface area contributed by atoms with Crippen LogP contribution in [0.2, 0.25) is 4.75 Å². The molecule has 0 N–H and O–H groups in total. The fraction of sp³-hybridized carbons (Fsp3) is 0.500. The van der Waals surface area contributed by atoms with Crippen LogP contribution >= 0.6 is 0 Å². The molecule has 3 nitrogen and oxygen atoms in total. The van der Waals surface area contributed by atoms with Crippen LogP contribution in [0.25, 0.3) is 0 Å². The first-order valence-electron chi connectivity index (χ1n) is 11.0. The molecular formula is C24H34GeO3. The fourth-order valence-electron chi connectivity index (χ4n) is 4.51. The van der Waals surface area contributed by atoms with E-state index in [2.05, 4.69) is 32.0 Å². The molecule has 0 aliphatic heterocycles. The molecule has 3 heterocycles. The summed E-state index contributed by atoms with van der Waals surface area (Å²) in [6.07, 6.45) is 16.8. The molecule has 0 aliphatic rings. The zero-order valence-corrected chi connectivity index (χ0v) is 19.5. The Morgan fingerprint density at radius 2 is 1.07 bits per heavy atom. The summed E-state index contributed by atoms with van der Waals surface area (Å²) in [5.41, 5.74) is 0. The van der Waals surface area contributed by atoms with Crippen LogP contribution in [0.15, 0.2) is 68.4 Å². The van der Waals surface area contributed by atoms with E-state index in [0.29, 0.717) is 4.75 Å². The summed E-state index contributed by atoms with van der Waals surface area (Å²) in [7, 11) is 0. The molecule has 0 saturated carbocycles. The van der Waals surface area contributed by atoms with E-state index in [9.17, 15) is 0 Å². The van der Waals surface area contributed by atoms with Crippen LogP contribution in [-0.4, -0.2) is 13.3 Å². The topological polar surface area (TPSA) is 39.4 Å². The Kier molecular flexibility index (Phi) is 8.14. The Balaban J connectivity index is 2.05. The van der Waals surface area contributed by atoms with Gasteiger partial charge in [0.05, 0.1) is 0 Å². The van der Waals surface area contributed by atoms with E-state index >= 15 is 0 Å². The van der Waals surface area contributed by atoms with Crippen molar-refractivity contribution >= 4 is 27.0 Å². The predicted octanol–water partition coefficient (Wildman–Crippen LogP) is 5.86. The van der Waals surface area contributed by atoms with Crippen LogP contribution < -0.4 is 13.8 Å². The van der Waals surface area contributed by atoms with Crippen molar-refractivity contribution in [2.45, 2.75) is 76.4 Å². The van der Waals surface area contributed by atoms with Crippen LogP contribution in [-0.2, 0) is 0 Å². The average molecular weight is 443 g/mol. The number of furan rings is 3. The van der Waals surface area contributed by atoms with Crippen molar-refractivity contribution < 1.29 is 13.3 Å². The molecule has 1 unspecified atom stereocenters. The van der Waals surface area contributed by atoms with Gasteiger partial charge in [-0.2, -0.15) is 0 Å². The average Bonchev–Trinajstić information content (AvgIpc) is 3.49. The van der Waals surface area contributed by atoms with Crippen LogP contribution in [0, 0.1) is 0 Å². The third-order valence-electron chi connectivity index (χ3n) is 5.90. The Morgan fingerprint density at radius 3 is 1.46 bits per heavy atom. The normalized spacial score (nSPS) is 13.1. The Bertz CT molecular complexity index is 660. The fourth-order valence-corrected chi connectivity index (χ4v) is 15.1. The van der Waals surface area contributed by atoms with Gasteiger partial charge in [-0.3, -0.25) is 0 Å². The second-order valence-corrected chi connectivity index (χ2v) is 16.0. The Hall–Kier alpha value is -1.62. The maximum atomic E-state index is 6.12. The number of hydrogen-bond donors (Lipinski definition) is 0. The molecule has 0 spiro atoms. The van der Waals surface area contributed by atoms with Gasteiger partial charge < -0.3 is 0 Å². The third-order valence-corrected chi connectivity index (χ3v) is 16.4. The predicted molar refractivity (Wildman–Crippen MR) is 117 cm³/mol. The zero-order valence-electron chi connectivity index (χ0n) is 17.4. The Morgan fingerprint density at radius 1 is 0.643 bits per heavy atom. The minimum absolute atomic E-state index is 0.548. The number of unbranched alkanes of at least 4 members (excludes halogenated alkanes) is 5. The first-order chi connectivity index (χ1) is 13.8. The number of rotatable bonds is 13. The second kappa shape index (κ2) is 10.8. The molecule has 4 heteroatoms. The van der Waals surface area contributed by atoms with Crippen molar-refractivity contribution in [1.29, 1.82) is 0 Å². The summed E-state index contributed by atoms with van der Waals surface area (Å²) in [6, 6.07) is 12.5. The number of hydrogen-bond acceptors (Lipinski definition) is 3. The zero-order chi connectivity index (χ0) is 19.7. The van der Waals surface area contributed by atoms with Gasteiger partial charge in [-0.1, -0.05) is 0 Å². The molecule has 3 aromatic rings. The molecule has 0 fully saturated rings. The summed E-state index contributed by atoms with van der Waals surface area (Å²) in [5.74, 6) is 0. The molecule has 0 aromatic carbocycles. The van der Waals surface area contributed by atoms with Crippen molar-refractivity contribution in [3.05, 3.63) is 55.2 Å². The SMILES string of the molecule is CCCCCC[CH](CCCCC)[Ge]([c]1ccco1)([c]1ccco1)[c]1ccco1. The van der Waals surface area contributed by atoms with E-state index in [4.69, 9.17) is 13.3 Å².